The Morgan fingerprint density at radius 1 is 1.00 bits per heavy atom. The van der Waals surface area contributed by atoms with Gasteiger partial charge in [-0.1, -0.05) is 13.8 Å². The normalized spacial score (nSPS) is 56.2. The van der Waals surface area contributed by atoms with Gasteiger partial charge >= 0.3 is 0 Å². The van der Waals surface area contributed by atoms with Crippen molar-refractivity contribution in [3.8, 4) is 0 Å². The number of rotatable bonds is 1. The number of hydrogen-bond donors (Lipinski definition) is 3. The summed E-state index contributed by atoms with van der Waals surface area (Å²) in [5.74, 6) is 1.08. The van der Waals surface area contributed by atoms with Crippen LogP contribution in [0.15, 0.2) is 0 Å². The first-order valence-electron chi connectivity index (χ1n) is 12.4. The summed E-state index contributed by atoms with van der Waals surface area (Å²) >= 11 is 0. The number of aliphatic hydroxyl groups excluding tert-OH is 1. The average molecular weight is 436 g/mol. The molecule has 5 fully saturated rings. The molecule has 1 saturated heterocycles. The predicted molar refractivity (Wildman–Crippen MR) is 115 cm³/mol. The number of Topliss-reactive ketones (excluding diaryl/α,β-unsaturated/α-hetero) is 1. The number of aliphatic hydroxyl groups is 2. The second-order valence-electron chi connectivity index (χ2n) is 12.8. The largest absolute Gasteiger partial charge is 0.393 e. The fourth-order valence-electron chi connectivity index (χ4n) is 9.15. The van der Waals surface area contributed by atoms with Gasteiger partial charge in [0.1, 0.15) is 11.3 Å². The van der Waals surface area contributed by atoms with Crippen molar-refractivity contribution in [2.24, 2.45) is 34.5 Å². The first-order chi connectivity index (χ1) is 14.3. The van der Waals surface area contributed by atoms with E-state index in [9.17, 15) is 20.2 Å². The lowest BCUT2D eigenvalue weighted by atomic mass is 9.43. The van der Waals surface area contributed by atoms with Gasteiger partial charge in [0.2, 0.25) is 0 Å². The molecular weight excluding hydrogens is 394 g/mol. The van der Waals surface area contributed by atoms with Crippen molar-refractivity contribution >= 4 is 5.78 Å². The molecule has 0 aromatic heterocycles. The van der Waals surface area contributed by atoms with Gasteiger partial charge in [0.05, 0.1) is 18.2 Å². The molecule has 0 radical (unpaired) electrons. The van der Waals surface area contributed by atoms with Gasteiger partial charge in [-0.25, -0.2) is 0 Å². The maximum absolute atomic E-state index is 12.4. The third kappa shape index (κ3) is 2.66. The van der Waals surface area contributed by atoms with Gasteiger partial charge < -0.3 is 20.2 Å². The van der Waals surface area contributed by atoms with E-state index in [0.29, 0.717) is 31.3 Å². The zero-order valence-electron chi connectivity index (χ0n) is 19.9. The van der Waals surface area contributed by atoms with Crippen LogP contribution < -0.4 is 0 Å². The summed E-state index contributed by atoms with van der Waals surface area (Å²) in [6.45, 7) is 10.5. The Hall–Kier alpha value is -0.530. The van der Waals surface area contributed by atoms with Crippen LogP contribution in [0.1, 0.15) is 86.0 Å². The van der Waals surface area contributed by atoms with Gasteiger partial charge in [0.25, 0.3) is 0 Å². The molecular formula is C25H41NO5. The zero-order chi connectivity index (χ0) is 22.6. The monoisotopic (exact) mass is 435 g/mol. The molecule has 0 aromatic rings. The van der Waals surface area contributed by atoms with Crippen molar-refractivity contribution in [3.63, 3.8) is 0 Å². The average Bonchev–Trinajstić information content (AvgIpc) is 3.10. The van der Waals surface area contributed by atoms with E-state index < -0.39 is 23.0 Å². The number of hydroxylamine groups is 2. The molecule has 6 heteroatoms. The molecule has 6 nitrogen and oxygen atoms in total. The first kappa shape index (κ1) is 22.3. The third-order valence-corrected chi connectivity index (χ3v) is 11.1. The van der Waals surface area contributed by atoms with Crippen LogP contribution in [-0.2, 0) is 9.53 Å². The van der Waals surface area contributed by atoms with Crippen molar-refractivity contribution in [1.82, 2.24) is 5.06 Å². The second-order valence-corrected chi connectivity index (χ2v) is 12.8. The minimum atomic E-state index is -1.22. The van der Waals surface area contributed by atoms with Crippen LogP contribution in [0, 0.1) is 34.5 Å². The molecule has 4 saturated carbocycles. The quantitative estimate of drug-likeness (QED) is 0.584. The molecule has 176 valence electrons. The molecule has 1 unspecified atom stereocenters. The highest BCUT2D eigenvalue weighted by Crippen LogP contribution is 2.69. The van der Waals surface area contributed by atoms with Crippen molar-refractivity contribution in [2.45, 2.75) is 109 Å². The predicted octanol–water partition coefficient (Wildman–Crippen LogP) is 3.52. The number of carbonyl (C=O) groups is 1. The molecule has 0 amide bonds. The number of fused-ring (bicyclic) bond motifs is 5. The molecule has 0 bridgehead atoms. The van der Waals surface area contributed by atoms with E-state index >= 15 is 0 Å². The van der Waals surface area contributed by atoms with Crippen molar-refractivity contribution < 1.29 is 25.0 Å². The molecule has 1 aliphatic heterocycles. The summed E-state index contributed by atoms with van der Waals surface area (Å²) in [4.78, 5) is 12.4. The van der Waals surface area contributed by atoms with Gasteiger partial charge in [0, 0.05) is 5.41 Å². The fourth-order valence-corrected chi connectivity index (χ4v) is 9.15. The van der Waals surface area contributed by atoms with E-state index in [4.69, 9.17) is 4.74 Å². The van der Waals surface area contributed by atoms with Crippen LogP contribution in [0.4, 0.5) is 0 Å². The van der Waals surface area contributed by atoms with Crippen molar-refractivity contribution in [2.75, 3.05) is 6.61 Å². The Kier molecular flexibility index (Phi) is 4.69. The van der Waals surface area contributed by atoms with Crippen LogP contribution >= 0.6 is 0 Å². The molecule has 9 atom stereocenters. The van der Waals surface area contributed by atoms with E-state index in [2.05, 4.69) is 13.8 Å². The van der Waals surface area contributed by atoms with Crippen molar-refractivity contribution in [3.05, 3.63) is 0 Å². The van der Waals surface area contributed by atoms with Crippen LogP contribution in [0.25, 0.3) is 0 Å². The van der Waals surface area contributed by atoms with Crippen LogP contribution in [0.5, 0.6) is 0 Å². The molecule has 31 heavy (non-hydrogen) atoms. The van der Waals surface area contributed by atoms with Crippen molar-refractivity contribution in [1.29, 1.82) is 0 Å². The first-order valence-corrected chi connectivity index (χ1v) is 12.4. The number of hydrogen-bond acceptors (Lipinski definition) is 6. The number of nitrogens with zero attached hydrogens (tertiary/aromatic N) is 1. The molecule has 0 aromatic carbocycles. The molecule has 3 N–H and O–H groups in total. The highest BCUT2D eigenvalue weighted by Gasteiger charge is 2.69. The number of ketones is 1. The lowest BCUT2D eigenvalue weighted by Crippen LogP contribution is -2.64. The summed E-state index contributed by atoms with van der Waals surface area (Å²) < 4.78 is 6.22. The van der Waals surface area contributed by atoms with Gasteiger partial charge in [0.15, 0.2) is 5.78 Å². The topological polar surface area (TPSA) is 90.2 Å². The van der Waals surface area contributed by atoms with Crippen LogP contribution in [0.3, 0.4) is 0 Å². The zero-order valence-corrected chi connectivity index (χ0v) is 19.9. The molecule has 4 aliphatic carbocycles. The fraction of sp³-hybridized carbons (Fsp3) is 0.960. The smallest absolute Gasteiger partial charge is 0.161 e. The van der Waals surface area contributed by atoms with E-state index in [-0.39, 0.29) is 28.4 Å². The summed E-state index contributed by atoms with van der Waals surface area (Å²) in [6, 6.07) is 0. The van der Waals surface area contributed by atoms with E-state index in [1.54, 1.807) is 0 Å². The third-order valence-electron chi connectivity index (χ3n) is 11.1. The summed E-state index contributed by atoms with van der Waals surface area (Å²) in [5.41, 5.74) is -2.72. The molecule has 1 heterocycles. The molecule has 5 aliphatic rings. The maximum atomic E-state index is 12.4. The second kappa shape index (κ2) is 6.53. The minimum absolute atomic E-state index is 0.0111. The van der Waals surface area contributed by atoms with E-state index in [1.165, 1.54) is 12.0 Å². The Balaban J connectivity index is 1.44. The van der Waals surface area contributed by atoms with Gasteiger partial charge in [-0.2, -0.15) is 5.06 Å². The molecule has 1 spiro atoms. The van der Waals surface area contributed by atoms with Gasteiger partial charge in [-0.15, -0.1) is 0 Å². The molecule has 5 rings (SSSR count). The highest BCUT2D eigenvalue weighted by atomic mass is 16.6. The minimum Gasteiger partial charge on any atom is -0.393 e. The Labute approximate surface area is 186 Å². The van der Waals surface area contributed by atoms with Gasteiger partial charge in [-0.05, 0) is 101 Å². The Morgan fingerprint density at radius 3 is 2.29 bits per heavy atom. The SMILES string of the molecule is CC(=O)[C@@]1(O)CC[C@H]2[C@@H]3C[C@H](O)[C@H]4CC5(CC[C@]4(C)[C@H]3CC[C@@]21C)OCC(C)(C)N5O. The summed E-state index contributed by atoms with van der Waals surface area (Å²) in [5, 5.41) is 35.1. The summed E-state index contributed by atoms with van der Waals surface area (Å²) in [6.07, 6.45) is 5.91. The summed E-state index contributed by atoms with van der Waals surface area (Å²) in [7, 11) is 0. The Bertz CT molecular complexity index is 786. The maximum Gasteiger partial charge on any atom is 0.161 e. The van der Waals surface area contributed by atoms with Gasteiger partial charge in [-0.3, -0.25) is 4.79 Å². The number of ether oxygens (including phenoxy) is 1. The van der Waals surface area contributed by atoms with Crippen LogP contribution in [-0.4, -0.2) is 55.8 Å². The lowest BCUT2D eigenvalue weighted by molar-refractivity contribution is -0.292. The standard InChI is InChI=1S/C25H41NO5/c1-15(27)25(29)9-7-18-16-12-20(28)19-13-24(26(30)21(2,3)14-31-24)11-10-22(19,4)17(16)6-8-23(18,25)5/h16-20,28-30H,6-14H2,1-5H3/t16-,17+,18+,19-,20+,22-,23+,24?,25+/m1/s1. The Morgan fingerprint density at radius 2 is 1.68 bits per heavy atom. The van der Waals surface area contributed by atoms with E-state index in [0.717, 1.165) is 38.5 Å². The highest BCUT2D eigenvalue weighted by molar-refractivity contribution is 5.86. The lowest BCUT2D eigenvalue weighted by Gasteiger charge is -2.64. The van der Waals surface area contributed by atoms with Crippen LogP contribution in [0.2, 0.25) is 0 Å². The number of carbonyl (C=O) groups excluding carboxylic acids is 1. The van der Waals surface area contributed by atoms with E-state index in [1.807, 2.05) is 13.8 Å².